The van der Waals surface area contributed by atoms with Gasteiger partial charge in [-0.2, -0.15) is 5.26 Å². The molecule has 0 unspecified atom stereocenters. The third-order valence-electron chi connectivity index (χ3n) is 3.11. The van der Waals surface area contributed by atoms with Gasteiger partial charge in [0.25, 0.3) is 0 Å². The number of hydrogen-bond acceptors (Lipinski definition) is 2. The van der Waals surface area contributed by atoms with Crippen LogP contribution in [0.3, 0.4) is 0 Å². The zero-order valence-corrected chi connectivity index (χ0v) is 11.9. The minimum atomic E-state index is 0.0520. The molecule has 5 heteroatoms. The highest BCUT2D eigenvalue weighted by atomic mass is 35.5. The monoisotopic (exact) mass is 296 g/mol. The molecule has 1 aromatic rings. The standard InChI is InChI=1S/C14H14Cl2N2O/c15-12-5-2-10(8-13(12)16)9-14(19)18(7-1-6-17)11-3-4-11/h2,5,8,11H,1,3-4,7,9H2. The summed E-state index contributed by atoms with van der Waals surface area (Å²) < 4.78 is 0. The number of amides is 1. The number of rotatable bonds is 5. The number of benzene rings is 1. The van der Waals surface area contributed by atoms with Gasteiger partial charge in [0.1, 0.15) is 0 Å². The Kier molecular flexibility index (Phi) is 4.68. The summed E-state index contributed by atoms with van der Waals surface area (Å²) in [6.45, 7) is 0.515. The van der Waals surface area contributed by atoms with E-state index in [4.69, 9.17) is 28.5 Å². The lowest BCUT2D eigenvalue weighted by molar-refractivity contribution is -0.131. The third kappa shape index (κ3) is 3.86. The molecule has 0 spiro atoms. The number of halogens is 2. The van der Waals surface area contributed by atoms with Gasteiger partial charge in [-0.15, -0.1) is 0 Å². The molecular weight excluding hydrogens is 283 g/mol. The maximum absolute atomic E-state index is 12.2. The van der Waals surface area contributed by atoms with Gasteiger partial charge in [0, 0.05) is 12.6 Å². The van der Waals surface area contributed by atoms with Gasteiger partial charge in [0.05, 0.1) is 29.0 Å². The van der Waals surface area contributed by atoms with Crippen LogP contribution >= 0.6 is 23.2 Å². The molecule has 0 saturated heterocycles. The Morgan fingerprint density at radius 1 is 1.37 bits per heavy atom. The van der Waals surface area contributed by atoms with Gasteiger partial charge in [-0.3, -0.25) is 4.79 Å². The van der Waals surface area contributed by atoms with Gasteiger partial charge in [-0.1, -0.05) is 29.3 Å². The Morgan fingerprint density at radius 3 is 2.68 bits per heavy atom. The molecule has 0 atom stereocenters. The summed E-state index contributed by atoms with van der Waals surface area (Å²) in [6, 6.07) is 7.63. The number of hydrogen-bond donors (Lipinski definition) is 0. The molecule has 3 nitrogen and oxygen atoms in total. The molecule has 1 fully saturated rings. The van der Waals surface area contributed by atoms with E-state index in [1.54, 1.807) is 12.1 Å². The summed E-state index contributed by atoms with van der Waals surface area (Å²) in [5.74, 6) is 0.0520. The van der Waals surface area contributed by atoms with Gasteiger partial charge < -0.3 is 4.90 Å². The first kappa shape index (κ1) is 14.2. The predicted octanol–water partition coefficient (Wildman–Crippen LogP) is 3.44. The maximum Gasteiger partial charge on any atom is 0.227 e. The third-order valence-corrected chi connectivity index (χ3v) is 3.85. The molecule has 0 heterocycles. The highest BCUT2D eigenvalue weighted by Crippen LogP contribution is 2.28. The lowest BCUT2D eigenvalue weighted by Gasteiger charge is -2.21. The van der Waals surface area contributed by atoms with Crippen molar-refractivity contribution in [2.75, 3.05) is 6.54 Å². The summed E-state index contributed by atoms with van der Waals surface area (Å²) >= 11 is 11.8. The van der Waals surface area contributed by atoms with Crippen LogP contribution in [0, 0.1) is 11.3 Å². The van der Waals surface area contributed by atoms with Crippen LogP contribution < -0.4 is 0 Å². The van der Waals surface area contributed by atoms with Gasteiger partial charge in [0.15, 0.2) is 0 Å². The van der Waals surface area contributed by atoms with Crippen LogP contribution in [0.25, 0.3) is 0 Å². The van der Waals surface area contributed by atoms with E-state index in [0.29, 0.717) is 35.5 Å². The van der Waals surface area contributed by atoms with E-state index in [2.05, 4.69) is 6.07 Å². The molecule has 0 N–H and O–H groups in total. The highest BCUT2D eigenvalue weighted by molar-refractivity contribution is 6.42. The van der Waals surface area contributed by atoms with E-state index in [-0.39, 0.29) is 5.91 Å². The van der Waals surface area contributed by atoms with E-state index >= 15 is 0 Å². The van der Waals surface area contributed by atoms with Crippen LogP contribution in [0.4, 0.5) is 0 Å². The van der Waals surface area contributed by atoms with E-state index in [1.807, 2.05) is 11.0 Å². The van der Waals surface area contributed by atoms with E-state index in [9.17, 15) is 4.79 Å². The molecule has 0 radical (unpaired) electrons. The molecule has 1 aliphatic carbocycles. The Bertz CT molecular complexity index is 521. The summed E-state index contributed by atoms with van der Waals surface area (Å²) in [5.41, 5.74) is 0.849. The molecule has 0 bridgehead atoms. The molecule has 1 aliphatic rings. The van der Waals surface area contributed by atoms with Crippen molar-refractivity contribution >= 4 is 29.1 Å². The predicted molar refractivity (Wildman–Crippen MR) is 75.1 cm³/mol. The van der Waals surface area contributed by atoms with Crippen molar-refractivity contribution in [3.05, 3.63) is 33.8 Å². The molecule has 1 saturated carbocycles. The molecule has 100 valence electrons. The minimum absolute atomic E-state index is 0.0520. The molecule has 0 aromatic heterocycles. The smallest absolute Gasteiger partial charge is 0.227 e. The Hall–Kier alpha value is -1.24. The lowest BCUT2D eigenvalue weighted by atomic mass is 10.1. The van der Waals surface area contributed by atoms with Gasteiger partial charge >= 0.3 is 0 Å². The van der Waals surface area contributed by atoms with Crippen molar-refractivity contribution in [1.82, 2.24) is 4.90 Å². The summed E-state index contributed by atoms with van der Waals surface area (Å²) in [6.07, 6.45) is 2.76. The van der Waals surface area contributed by atoms with Crippen molar-refractivity contribution in [1.29, 1.82) is 5.26 Å². The Balaban J connectivity index is 2.01. The zero-order valence-electron chi connectivity index (χ0n) is 10.4. The summed E-state index contributed by atoms with van der Waals surface area (Å²) in [4.78, 5) is 14.0. The highest BCUT2D eigenvalue weighted by Gasteiger charge is 2.31. The SMILES string of the molecule is N#CCCN(C(=O)Cc1ccc(Cl)c(Cl)c1)C1CC1. The molecule has 0 aliphatic heterocycles. The van der Waals surface area contributed by atoms with Gasteiger partial charge in [-0.05, 0) is 30.5 Å². The first-order valence-corrected chi connectivity index (χ1v) is 6.97. The summed E-state index contributed by atoms with van der Waals surface area (Å²) in [7, 11) is 0. The largest absolute Gasteiger partial charge is 0.338 e. The van der Waals surface area contributed by atoms with Crippen molar-refractivity contribution in [2.24, 2.45) is 0 Å². The molecule has 19 heavy (non-hydrogen) atoms. The molecular formula is C14H14Cl2N2O. The van der Waals surface area contributed by atoms with Crippen LogP contribution in [0.5, 0.6) is 0 Å². The fourth-order valence-electron chi connectivity index (χ4n) is 1.99. The maximum atomic E-state index is 12.2. The number of nitriles is 1. The average molecular weight is 297 g/mol. The number of carbonyl (C=O) groups is 1. The molecule has 1 amide bonds. The van der Waals surface area contributed by atoms with Crippen LogP contribution in [-0.4, -0.2) is 23.4 Å². The van der Waals surface area contributed by atoms with Crippen molar-refractivity contribution in [3.8, 4) is 6.07 Å². The number of carbonyl (C=O) groups excluding carboxylic acids is 1. The minimum Gasteiger partial charge on any atom is -0.338 e. The quantitative estimate of drug-likeness (QED) is 0.835. The second-order valence-corrected chi connectivity index (χ2v) is 5.47. The fourth-order valence-corrected chi connectivity index (χ4v) is 2.31. The van der Waals surface area contributed by atoms with E-state index < -0.39 is 0 Å². The van der Waals surface area contributed by atoms with Gasteiger partial charge in [0.2, 0.25) is 5.91 Å². The fraction of sp³-hybridized carbons (Fsp3) is 0.429. The topological polar surface area (TPSA) is 44.1 Å². The molecule has 2 rings (SSSR count). The second-order valence-electron chi connectivity index (χ2n) is 4.65. The van der Waals surface area contributed by atoms with Crippen molar-refractivity contribution in [3.63, 3.8) is 0 Å². The molecule has 1 aromatic carbocycles. The first-order chi connectivity index (χ1) is 9.11. The normalized spacial score (nSPS) is 13.9. The van der Waals surface area contributed by atoms with Crippen molar-refractivity contribution < 1.29 is 4.79 Å². The van der Waals surface area contributed by atoms with E-state index in [1.165, 1.54) is 0 Å². The van der Waals surface area contributed by atoms with Crippen LogP contribution in [0.2, 0.25) is 10.0 Å². The number of nitrogens with zero attached hydrogens (tertiary/aromatic N) is 2. The average Bonchev–Trinajstić information content (AvgIpc) is 3.19. The van der Waals surface area contributed by atoms with Crippen LogP contribution in [0.15, 0.2) is 18.2 Å². The Morgan fingerprint density at radius 2 is 2.11 bits per heavy atom. The van der Waals surface area contributed by atoms with E-state index in [0.717, 1.165) is 18.4 Å². The Labute approximate surface area is 122 Å². The van der Waals surface area contributed by atoms with Gasteiger partial charge in [-0.25, -0.2) is 0 Å². The lowest BCUT2D eigenvalue weighted by Crippen LogP contribution is -2.35. The zero-order chi connectivity index (χ0) is 13.8. The van der Waals surface area contributed by atoms with Crippen LogP contribution in [0.1, 0.15) is 24.8 Å². The second kappa shape index (κ2) is 6.27. The summed E-state index contributed by atoms with van der Waals surface area (Å²) in [5, 5.41) is 9.58. The first-order valence-electron chi connectivity index (χ1n) is 6.22. The van der Waals surface area contributed by atoms with Crippen LogP contribution in [-0.2, 0) is 11.2 Å². The van der Waals surface area contributed by atoms with Crippen molar-refractivity contribution in [2.45, 2.75) is 31.7 Å².